The van der Waals surface area contributed by atoms with Gasteiger partial charge < -0.3 is 9.47 Å². The molecule has 0 spiro atoms. The lowest BCUT2D eigenvalue weighted by Gasteiger charge is -2.38. The Balaban J connectivity index is 2.38. The largest absolute Gasteiger partial charge is 0.419 e. The van der Waals surface area contributed by atoms with Gasteiger partial charge in [0.25, 0.3) is 5.79 Å². The third-order valence-electron chi connectivity index (χ3n) is 6.07. The molecule has 162 valence electrons. The molecule has 0 atom stereocenters. The number of carbonyl (C=O) groups is 2. The second kappa shape index (κ2) is 8.81. The maximum Gasteiger partial charge on any atom is 0.349 e. The van der Waals surface area contributed by atoms with E-state index in [1.54, 1.807) is 6.92 Å². The number of esters is 2. The van der Waals surface area contributed by atoms with Crippen molar-refractivity contribution in [1.29, 1.82) is 0 Å². The van der Waals surface area contributed by atoms with Gasteiger partial charge in [-0.1, -0.05) is 59.6 Å². The van der Waals surface area contributed by atoms with Gasteiger partial charge in [0.2, 0.25) is 0 Å². The van der Waals surface area contributed by atoms with Crippen molar-refractivity contribution >= 4 is 25.6 Å². The van der Waals surface area contributed by atoms with Crippen molar-refractivity contribution in [1.82, 2.24) is 0 Å². The van der Waals surface area contributed by atoms with Crippen LogP contribution < -0.4 is 0 Å². The van der Waals surface area contributed by atoms with E-state index in [1.165, 1.54) is 13.8 Å². The van der Waals surface area contributed by atoms with Crippen molar-refractivity contribution in [2.75, 3.05) is 0 Å². The second-order valence-electron chi connectivity index (χ2n) is 9.40. The number of hydrogen-bond acceptors (Lipinski definition) is 4. The van der Waals surface area contributed by atoms with Crippen molar-refractivity contribution in [3.05, 3.63) is 41.0 Å². The molecular weight excluding hydrogens is 392 g/mol. The van der Waals surface area contributed by atoms with E-state index in [-0.39, 0.29) is 5.57 Å². The van der Waals surface area contributed by atoms with Gasteiger partial charge in [-0.2, -0.15) is 0 Å². The summed E-state index contributed by atoms with van der Waals surface area (Å²) < 4.78 is 10.4. The Hall–Kier alpha value is -2.32. The number of cyclic esters (lactones) is 2. The Morgan fingerprint density at radius 3 is 1.70 bits per heavy atom. The van der Waals surface area contributed by atoms with E-state index in [0.717, 1.165) is 11.1 Å². The number of carbonyl (C=O) groups excluding carboxylic acids is 2. The van der Waals surface area contributed by atoms with E-state index in [2.05, 4.69) is 53.0 Å². The fraction of sp³-hybridized carbons (Fsp3) is 0.520. The summed E-state index contributed by atoms with van der Waals surface area (Å²) in [4.78, 5) is 24.6. The monoisotopic (exact) mass is 426 g/mol. The lowest BCUT2D eigenvalue weighted by atomic mass is 9.99. The predicted molar refractivity (Wildman–Crippen MR) is 123 cm³/mol. The summed E-state index contributed by atoms with van der Waals surface area (Å²) in [5, 5.41) is 0. The predicted octanol–water partition coefficient (Wildman–Crippen LogP) is 5.87. The molecule has 0 radical (unpaired) electrons. The van der Waals surface area contributed by atoms with Crippen LogP contribution in [0.15, 0.2) is 29.8 Å². The van der Waals surface area contributed by atoms with Gasteiger partial charge in [0.05, 0.1) is 0 Å². The van der Waals surface area contributed by atoms with Crippen molar-refractivity contribution < 1.29 is 19.1 Å². The minimum atomic E-state index is -1.80. The van der Waals surface area contributed by atoms with Gasteiger partial charge in [-0.15, -0.1) is 5.54 Å². The average molecular weight is 427 g/mol. The van der Waals surface area contributed by atoms with Gasteiger partial charge in [0, 0.05) is 19.4 Å². The zero-order valence-corrected chi connectivity index (χ0v) is 20.7. The van der Waals surface area contributed by atoms with Gasteiger partial charge in [-0.25, -0.2) is 9.59 Å². The third kappa shape index (κ3) is 4.70. The molecule has 0 bridgehead atoms. The van der Waals surface area contributed by atoms with E-state index in [9.17, 15) is 9.59 Å². The molecule has 0 aliphatic carbocycles. The van der Waals surface area contributed by atoms with E-state index in [4.69, 9.17) is 9.47 Å². The quantitative estimate of drug-likeness (QED) is 0.199. The molecule has 1 heterocycles. The Bertz CT molecular complexity index is 865. The van der Waals surface area contributed by atoms with Crippen LogP contribution in [-0.2, 0) is 19.1 Å². The van der Waals surface area contributed by atoms with Crippen LogP contribution in [-0.4, -0.2) is 25.8 Å². The first-order valence-corrected chi connectivity index (χ1v) is 12.9. The average Bonchev–Trinajstić information content (AvgIpc) is 2.60. The highest BCUT2D eigenvalue weighted by Crippen LogP contribution is 2.40. The first-order chi connectivity index (χ1) is 13.8. The molecule has 1 aliphatic heterocycles. The molecule has 1 aliphatic rings. The Morgan fingerprint density at radius 2 is 1.30 bits per heavy atom. The number of rotatable bonds is 4. The minimum Gasteiger partial charge on any atom is -0.419 e. The second-order valence-corrected chi connectivity index (χ2v) is 15.0. The van der Waals surface area contributed by atoms with E-state index in [1.807, 2.05) is 24.3 Å². The van der Waals surface area contributed by atoms with E-state index >= 15 is 0 Å². The molecule has 1 aromatic rings. The third-order valence-corrected chi connectivity index (χ3v) is 12.4. The molecule has 0 N–H and O–H groups in total. The van der Waals surface area contributed by atoms with Gasteiger partial charge in [0.1, 0.15) is 13.6 Å². The molecule has 5 heteroatoms. The molecule has 1 aromatic carbocycles. The van der Waals surface area contributed by atoms with Crippen molar-refractivity contribution in [3.63, 3.8) is 0 Å². The summed E-state index contributed by atoms with van der Waals surface area (Å²) in [5.74, 6) is 0.870. The first-order valence-electron chi connectivity index (χ1n) is 10.6. The van der Waals surface area contributed by atoms with Gasteiger partial charge >= 0.3 is 11.9 Å². The molecule has 0 aromatic heterocycles. The molecule has 0 saturated carbocycles. The smallest absolute Gasteiger partial charge is 0.349 e. The fourth-order valence-corrected chi connectivity index (χ4v) is 9.75. The Kier molecular flexibility index (Phi) is 7.03. The summed E-state index contributed by atoms with van der Waals surface area (Å²) in [6.07, 6.45) is 0. The molecule has 30 heavy (non-hydrogen) atoms. The van der Waals surface area contributed by atoms with Crippen molar-refractivity contribution in [2.45, 2.75) is 84.7 Å². The normalized spacial score (nSPS) is 16.3. The van der Waals surface area contributed by atoms with Crippen LogP contribution in [0.2, 0.25) is 16.6 Å². The number of benzene rings is 1. The molecule has 0 amide bonds. The summed E-state index contributed by atoms with van der Waals surface area (Å²) >= 11 is 0. The van der Waals surface area contributed by atoms with Crippen LogP contribution >= 0.6 is 0 Å². The number of allylic oxidation sites excluding steroid dienone is 1. The molecular formula is C25H34O4Si. The van der Waals surface area contributed by atoms with Crippen LogP contribution in [0.25, 0.3) is 5.57 Å². The highest BCUT2D eigenvalue weighted by molar-refractivity contribution is 6.90. The van der Waals surface area contributed by atoms with E-state index in [0.29, 0.717) is 22.2 Å². The van der Waals surface area contributed by atoms with Crippen LogP contribution in [0.3, 0.4) is 0 Å². The molecule has 4 nitrogen and oxygen atoms in total. The molecule has 2 rings (SSSR count). The lowest BCUT2D eigenvalue weighted by molar-refractivity contribution is -0.222. The van der Waals surface area contributed by atoms with Crippen LogP contribution in [0.1, 0.15) is 73.4 Å². The lowest BCUT2D eigenvalue weighted by Crippen LogP contribution is -2.43. The van der Waals surface area contributed by atoms with Crippen molar-refractivity contribution in [2.24, 2.45) is 0 Å². The maximum absolute atomic E-state index is 12.3. The Morgan fingerprint density at radius 1 is 0.867 bits per heavy atom. The van der Waals surface area contributed by atoms with Gasteiger partial charge in [0.15, 0.2) is 0 Å². The number of hydrogen-bond donors (Lipinski definition) is 0. The molecule has 1 fully saturated rings. The number of ether oxygens (including phenoxy) is 2. The van der Waals surface area contributed by atoms with E-state index < -0.39 is 25.8 Å². The minimum absolute atomic E-state index is 0.0565. The first kappa shape index (κ1) is 24.0. The van der Waals surface area contributed by atoms with Crippen molar-refractivity contribution in [3.8, 4) is 11.5 Å². The summed E-state index contributed by atoms with van der Waals surface area (Å²) in [6.45, 7) is 18.6. The topological polar surface area (TPSA) is 52.6 Å². The van der Waals surface area contributed by atoms with Gasteiger partial charge in [-0.3, -0.25) is 0 Å². The Labute approximate surface area is 182 Å². The van der Waals surface area contributed by atoms with Gasteiger partial charge in [-0.05, 0) is 46.8 Å². The zero-order chi connectivity index (χ0) is 22.9. The standard InChI is InChI=1S/C25H34O4Si/c1-16(2)30(17(3)4,18(5)6)15-14-20-10-12-21(13-11-20)19(7)22-23(26)28-25(8,9)29-24(22)27/h10-13,16-18H,1-9H3. The highest BCUT2D eigenvalue weighted by Gasteiger charge is 2.42. The maximum atomic E-state index is 12.3. The SMILES string of the molecule is CC(=C1C(=O)OC(C)(C)OC1=O)c1ccc(C#C[Si](C(C)C)(C(C)C)C(C)C)cc1. The van der Waals surface area contributed by atoms with Crippen LogP contribution in [0.5, 0.6) is 0 Å². The zero-order valence-electron chi connectivity index (χ0n) is 19.7. The molecule has 1 saturated heterocycles. The fourth-order valence-electron chi connectivity index (χ4n) is 4.52. The summed E-state index contributed by atoms with van der Waals surface area (Å²) in [6, 6.07) is 7.65. The van der Waals surface area contributed by atoms with Crippen LogP contribution in [0.4, 0.5) is 0 Å². The highest BCUT2D eigenvalue weighted by atomic mass is 28.3. The molecule has 0 unspecified atom stereocenters. The summed E-state index contributed by atoms with van der Waals surface area (Å²) in [5.41, 5.74) is 7.61. The summed E-state index contributed by atoms with van der Waals surface area (Å²) in [7, 11) is -1.80. The van der Waals surface area contributed by atoms with Crippen LogP contribution in [0, 0.1) is 11.5 Å².